The average molecular weight is 340 g/mol. The first-order valence-electron chi connectivity index (χ1n) is 7.89. The van der Waals surface area contributed by atoms with E-state index < -0.39 is 10.0 Å². The minimum atomic E-state index is -3.08. The van der Waals surface area contributed by atoms with Crippen LogP contribution in [0.1, 0.15) is 11.1 Å². The van der Waals surface area contributed by atoms with Crippen LogP contribution in [0.15, 0.2) is 54.6 Å². The predicted octanol–water partition coefficient (Wildman–Crippen LogP) is 2.17. The first-order valence-corrected chi connectivity index (χ1v) is 9.74. The molecule has 3 rings (SSSR count). The van der Waals surface area contributed by atoms with Crippen molar-refractivity contribution in [3.8, 4) is 11.8 Å². The van der Waals surface area contributed by atoms with Crippen molar-refractivity contribution in [3.05, 3.63) is 65.7 Å². The average Bonchev–Trinajstić information content (AvgIpc) is 2.61. The van der Waals surface area contributed by atoms with Gasteiger partial charge in [0, 0.05) is 43.0 Å². The van der Waals surface area contributed by atoms with E-state index in [2.05, 4.69) is 16.7 Å². The van der Waals surface area contributed by atoms with Crippen LogP contribution >= 0.6 is 0 Å². The Morgan fingerprint density at radius 1 is 0.792 bits per heavy atom. The van der Waals surface area contributed by atoms with Gasteiger partial charge in [0.2, 0.25) is 10.0 Å². The zero-order chi connectivity index (χ0) is 17.0. The van der Waals surface area contributed by atoms with E-state index in [0.717, 1.165) is 16.8 Å². The molecule has 1 fully saturated rings. The van der Waals surface area contributed by atoms with Crippen LogP contribution in [0.2, 0.25) is 0 Å². The second-order valence-electron chi connectivity index (χ2n) is 5.81. The molecule has 1 heterocycles. The molecule has 1 saturated heterocycles. The number of benzene rings is 2. The summed E-state index contributed by atoms with van der Waals surface area (Å²) in [5.41, 5.74) is 3.07. The van der Waals surface area contributed by atoms with Gasteiger partial charge in [-0.15, -0.1) is 0 Å². The van der Waals surface area contributed by atoms with E-state index in [-0.39, 0.29) is 0 Å². The summed E-state index contributed by atoms with van der Waals surface area (Å²) in [5, 5.41) is 0. The topological polar surface area (TPSA) is 40.6 Å². The summed E-state index contributed by atoms with van der Waals surface area (Å²) in [6.45, 7) is 2.49. The van der Waals surface area contributed by atoms with E-state index >= 15 is 0 Å². The van der Waals surface area contributed by atoms with Gasteiger partial charge >= 0.3 is 0 Å². The molecule has 1 aliphatic rings. The summed E-state index contributed by atoms with van der Waals surface area (Å²) in [4.78, 5) is 2.20. The van der Waals surface area contributed by atoms with Crippen molar-refractivity contribution in [2.45, 2.75) is 0 Å². The third-order valence-corrected chi connectivity index (χ3v) is 5.37. The summed E-state index contributed by atoms with van der Waals surface area (Å²) in [7, 11) is -3.08. The quantitative estimate of drug-likeness (QED) is 0.787. The summed E-state index contributed by atoms with van der Waals surface area (Å²) in [6, 6.07) is 18.0. The fraction of sp³-hybridized carbons (Fsp3) is 0.263. The molecule has 1 aliphatic heterocycles. The molecule has 4 nitrogen and oxygen atoms in total. The Hall–Kier alpha value is -2.29. The largest absolute Gasteiger partial charge is 0.369 e. The van der Waals surface area contributed by atoms with Crippen molar-refractivity contribution in [1.29, 1.82) is 0 Å². The monoisotopic (exact) mass is 340 g/mol. The van der Waals surface area contributed by atoms with Crippen LogP contribution in [-0.2, 0) is 10.0 Å². The molecule has 0 atom stereocenters. The molecule has 5 heteroatoms. The highest BCUT2D eigenvalue weighted by Gasteiger charge is 2.23. The molecule has 124 valence electrons. The van der Waals surface area contributed by atoms with Crippen LogP contribution in [0.3, 0.4) is 0 Å². The van der Waals surface area contributed by atoms with Gasteiger partial charge in [0.05, 0.1) is 6.26 Å². The molecular formula is C19H20N2O2S. The zero-order valence-electron chi connectivity index (χ0n) is 13.6. The number of piperazine rings is 1. The number of nitrogens with zero attached hydrogens (tertiary/aromatic N) is 2. The van der Waals surface area contributed by atoms with Gasteiger partial charge in [0.25, 0.3) is 0 Å². The second-order valence-corrected chi connectivity index (χ2v) is 7.79. The molecule has 24 heavy (non-hydrogen) atoms. The number of sulfonamides is 1. The van der Waals surface area contributed by atoms with Gasteiger partial charge < -0.3 is 4.90 Å². The minimum Gasteiger partial charge on any atom is -0.369 e. The van der Waals surface area contributed by atoms with Gasteiger partial charge in [-0.05, 0) is 36.4 Å². The van der Waals surface area contributed by atoms with Crippen molar-refractivity contribution in [1.82, 2.24) is 4.31 Å². The second kappa shape index (κ2) is 7.08. The molecule has 0 unspecified atom stereocenters. The van der Waals surface area contributed by atoms with Gasteiger partial charge in [-0.25, -0.2) is 8.42 Å². The Bertz CT molecular complexity index is 842. The molecule has 2 aromatic carbocycles. The molecule has 2 aromatic rings. The lowest BCUT2D eigenvalue weighted by Crippen LogP contribution is -2.48. The maximum Gasteiger partial charge on any atom is 0.211 e. The molecule has 0 aromatic heterocycles. The Balaban J connectivity index is 1.65. The lowest BCUT2D eigenvalue weighted by Gasteiger charge is -2.34. The third kappa shape index (κ3) is 4.16. The first kappa shape index (κ1) is 16.6. The van der Waals surface area contributed by atoms with Crippen LogP contribution < -0.4 is 4.90 Å². The van der Waals surface area contributed by atoms with Crippen molar-refractivity contribution in [3.63, 3.8) is 0 Å². The molecule has 0 bridgehead atoms. The molecular weight excluding hydrogens is 320 g/mol. The van der Waals surface area contributed by atoms with E-state index in [1.807, 2.05) is 54.6 Å². The number of hydrogen-bond donors (Lipinski definition) is 0. The zero-order valence-corrected chi connectivity index (χ0v) is 14.5. The maximum atomic E-state index is 11.6. The fourth-order valence-electron chi connectivity index (χ4n) is 2.70. The Morgan fingerprint density at radius 2 is 1.33 bits per heavy atom. The lowest BCUT2D eigenvalue weighted by molar-refractivity contribution is 0.388. The summed E-state index contributed by atoms with van der Waals surface area (Å²) in [5.74, 6) is 6.31. The van der Waals surface area contributed by atoms with E-state index in [1.54, 1.807) is 0 Å². The molecule has 0 saturated carbocycles. The normalized spacial score (nSPS) is 15.6. The van der Waals surface area contributed by atoms with Crippen LogP contribution in [0, 0.1) is 11.8 Å². The fourth-order valence-corrected chi connectivity index (χ4v) is 3.53. The standard InChI is InChI=1S/C19H20N2O2S/c1-24(22,23)21-15-13-20(14-16-21)19-11-9-18(10-12-19)8-7-17-5-3-2-4-6-17/h2-6,9-12H,13-16H2,1H3. The molecule has 0 aliphatic carbocycles. The van der Waals surface area contributed by atoms with Crippen molar-refractivity contribution >= 4 is 15.7 Å². The Morgan fingerprint density at radius 3 is 1.88 bits per heavy atom. The predicted molar refractivity (Wildman–Crippen MR) is 97.5 cm³/mol. The van der Waals surface area contributed by atoms with E-state index in [9.17, 15) is 8.42 Å². The highest BCUT2D eigenvalue weighted by atomic mass is 32.2. The van der Waals surface area contributed by atoms with Crippen molar-refractivity contribution < 1.29 is 8.42 Å². The Labute approximate surface area is 143 Å². The van der Waals surface area contributed by atoms with Gasteiger partial charge in [-0.2, -0.15) is 4.31 Å². The van der Waals surface area contributed by atoms with E-state index in [4.69, 9.17) is 0 Å². The van der Waals surface area contributed by atoms with Crippen LogP contribution in [0.25, 0.3) is 0 Å². The summed E-state index contributed by atoms with van der Waals surface area (Å²) >= 11 is 0. The van der Waals surface area contributed by atoms with Gasteiger partial charge in [0.15, 0.2) is 0 Å². The summed E-state index contributed by atoms with van der Waals surface area (Å²) < 4.78 is 24.6. The number of hydrogen-bond acceptors (Lipinski definition) is 3. The number of anilines is 1. The smallest absolute Gasteiger partial charge is 0.211 e. The first-order chi connectivity index (χ1) is 11.5. The maximum absolute atomic E-state index is 11.6. The van der Waals surface area contributed by atoms with Gasteiger partial charge in [-0.1, -0.05) is 30.0 Å². The molecule has 0 amide bonds. The number of rotatable bonds is 2. The third-order valence-electron chi connectivity index (χ3n) is 4.07. The highest BCUT2D eigenvalue weighted by molar-refractivity contribution is 7.88. The van der Waals surface area contributed by atoms with Gasteiger partial charge in [-0.3, -0.25) is 0 Å². The van der Waals surface area contributed by atoms with Crippen LogP contribution in [0.4, 0.5) is 5.69 Å². The summed E-state index contributed by atoms with van der Waals surface area (Å²) in [6.07, 6.45) is 1.27. The minimum absolute atomic E-state index is 0.536. The van der Waals surface area contributed by atoms with Crippen molar-refractivity contribution in [2.24, 2.45) is 0 Å². The Kier molecular flexibility index (Phi) is 4.89. The van der Waals surface area contributed by atoms with E-state index in [1.165, 1.54) is 10.6 Å². The van der Waals surface area contributed by atoms with Gasteiger partial charge in [0.1, 0.15) is 0 Å². The molecule has 0 spiro atoms. The van der Waals surface area contributed by atoms with Crippen molar-refractivity contribution in [2.75, 3.05) is 37.3 Å². The lowest BCUT2D eigenvalue weighted by atomic mass is 10.1. The molecule has 0 N–H and O–H groups in total. The van der Waals surface area contributed by atoms with Crippen LogP contribution in [-0.4, -0.2) is 45.2 Å². The SMILES string of the molecule is CS(=O)(=O)N1CCN(c2ccc(C#Cc3ccccc3)cc2)CC1. The van der Waals surface area contributed by atoms with E-state index in [0.29, 0.717) is 26.2 Å². The van der Waals surface area contributed by atoms with Crippen LogP contribution in [0.5, 0.6) is 0 Å². The molecule has 0 radical (unpaired) electrons. The highest BCUT2D eigenvalue weighted by Crippen LogP contribution is 2.18.